The van der Waals surface area contributed by atoms with Crippen molar-refractivity contribution in [2.45, 2.75) is 18.4 Å². The van der Waals surface area contributed by atoms with Crippen molar-refractivity contribution >= 4 is 27.3 Å². The van der Waals surface area contributed by atoms with Crippen LogP contribution in [0.5, 0.6) is 11.5 Å². The van der Waals surface area contributed by atoms with Crippen LogP contribution in [-0.2, 0) is 21.3 Å². The van der Waals surface area contributed by atoms with Crippen LogP contribution < -0.4 is 9.47 Å². The van der Waals surface area contributed by atoms with Crippen molar-refractivity contribution in [2.24, 2.45) is 0 Å². The van der Waals surface area contributed by atoms with Gasteiger partial charge in [-0.05, 0) is 24.4 Å². The molecule has 30 heavy (non-hydrogen) atoms. The third-order valence-electron chi connectivity index (χ3n) is 5.09. The number of nitrogens with zero attached hydrogens (tertiary/aromatic N) is 2. The van der Waals surface area contributed by atoms with Gasteiger partial charge in [0.1, 0.15) is 23.0 Å². The van der Waals surface area contributed by atoms with Gasteiger partial charge in [0.2, 0.25) is 10.0 Å². The number of benzene rings is 1. The number of carbonyl (C=O) groups is 1. The Bertz CT molecular complexity index is 1010. The maximum atomic E-state index is 13.3. The summed E-state index contributed by atoms with van der Waals surface area (Å²) in [7, 11) is -3.75. The first-order chi connectivity index (χ1) is 14.5. The van der Waals surface area contributed by atoms with Crippen LogP contribution in [0, 0.1) is 0 Å². The lowest BCUT2D eigenvalue weighted by Gasteiger charge is -2.27. The van der Waals surface area contributed by atoms with E-state index < -0.39 is 10.0 Å². The summed E-state index contributed by atoms with van der Waals surface area (Å²) in [5.74, 6) is 0.991. The Hall–Kier alpha value is -2.14. The minimum Gasteiger partial charge on any atom is -0.486 e. The Morgan fingerprint density at radius 3 is 2.67 bits per heavy atom. The average Bonchev–Trinajstić information content (AvgIpc) is 3.28. The number of ether oxygens (including phenoxy) is 3. The molecule has 0 atom stereocenters. The summed E-state index contributed by atoms with van der Waals surface area (Å²) in [4.78, 5) is 15.2. The van der Waals surface area contributed by atoms with E-state index in [9.17, 15) is 13.2 Å². The van der Waals surface area contributed by atoms with E-state index in [1.165, 1.54) is 10.4 Å². The van der Waals surface area contributed by atoms with E-state index in [4.69, 9.17) is 14.2 Å². The number of rotatable bonds is 6. The summed E-state index contributed by atoms with van der Waals surface area (Å²) in [6.07, 6.45) is 0. The molecule has 1 fully saturated rings. The van der Waals surface area contributed by atoms with Gasteiger partial charge in [-0.15, -0.1) is 11.3 Å². The molecule has 1 amide bonds. The van der Waals surface area contributed by atoms with Gasteiger partial charge in [-0.1, -0.05) is 12.1 Å². The second kappa shape index (κ2) is 8.93. The van der Waals surface area contributed by atoms with Crippen molar-refractivity contribution in [3.8, 4) is 11.5 Å². The molecule has 10 heteroatoms. The maximum absolute atomic E-state index is 13.3. The minimum absolute atomic E-state index is 0.0625. The topological polar surface area (TPSA) is 85.4 Å². The molecule has 0 spiro atoms. The summed E-state index contributed by atoms with van der Waals surface area (Å²) in [6, 6.07) is 7.10. The molecule has 1 aromatic heterocycles. The van der Waals surface area contributed by atoms with E-state index in [2.05, 4.69) is 0 Å². The number of sulfonamides is 1. The van der Waals surface area contributed by atoms with Gasteiger partial charge in [-0.2, -0.15) is 4.31 Å². The van der Waals surface area contributed by atoms with Crippen molar-refractivity contribution in [1.82, 2.24) is 9.21 Å². The van der Waals surface area contributed by atoms with E-state index >= 15 is 0 Å². The van der Waals surface area contributed by atoms with Gasteiger partial charge in [-0.3, -0.25) is 4.79 Å². The zero-order valence-electron chi connectivity index (χ0n) is 16.7. The van der Waals surface area contributed by atoms with Gasteiger partial charge < -0.3 is 19.1 Å². The first-order valence-corrected chi connectivity index (χ1v) is 12.2. The SMILES string of the molecule is CCN(Cc1cccc2c1OCCO2)C(=O)c1sccc1S(=O)(=O)N1CCOCC1. The van der Waals surface area contributed by atoms with Crippen molar-refractivity contribution in [3.63, 3.8) is 0 Å². The van der Waals surface area contributed by atoms with Crippen molar-refractivity contribution in [2.75, 3.05) is 46.1 Å². The summed E-state index contributed by atoms with van der Waals surface area (Å²) in [5, 5.41) is 1.65. The highest BCUT2D eigenvalue weighted by atomic mass is 32.2. The van der Waals surface area contributed by atoms with Crippen LogP contribution in [0.25, 0.3) is 0 Å². The second-order valence-electron chi connectivity index (χ2n) is 6.89. The molecule has 0 bridgehead atoms. The van der Waals surface area contributed by atoms with Crippen molar-refractivity contribution < 1.29 is 27.4 Å². The molecule has 4 rings (SSSR count). The number of carbonyl (C=O) groups excluding carboxylic acids is 1. The highest BCUT2D eigenvalue weighted by Gasteiger charge is 2.33. The van der Waals surface area contributed by atoms with Gasteiger partial charge in [0.15, 0.2) is 11.5 Å². The third-order valence-corrected chi connectivity index (χ3v) is 8.06. The lowest BCUT2D eigenvalue weighted by molar-refractivity contribution is 0.0725. The summed E-state index contributed by atoms with van der Waals surface area (Å²) in [5.41, 5.74) is 0.830. The van der Waals surface area contributed by atoms with Crippen molar-refractivity contribution in [1.29, 1.82) is 0 Å². The number of hydrogen-bond donors (Lipinski definition) is 0. The van der Waals surface area contributed by atoms with Crippen LogP contribution in [0.15, 0.2) is 34.5 Å². The predicted molar refractivity (Wildman–Crippen MR) is 112 cm³/mol. The van der Waals surface area contributed by atoms with E-state index in [1.807, 2.05) is 25.1 Å². The van der Waals surface area contributed by atoms with E-state index in [-0.39, 0.29) is 28.8 Å². The highest BCUT2D eigenvalue weighted by Crippen LogP contribution is 2.35. The number of para-hydroxylation sites is 1. The Kier molecular flexibility index (Phi) is 6.28. The molecular formula is C20H24N2O6S2. The standard InChI is InChI=1S/C20H24N2O6S2/c1-2-21(14-15-4-3-5-16-18(15)28-12-11-27-16)20(23)19-17(6-13-29-19)30(24,25)22-7-9-26-10-8-22/h3-6,13H,2,7-12,14H2,1H3. The smallest absolute Gasteiger partial charge is 0.265 e. The zero-order chi connectivity index (χ0) is 21.1. The molecule has 0 N–H and O–H groups in total. The Morgan fingerprint density at radius 1 is 1.13 bits per heavy atom. The molecule has 2 aromatic rings. The second-order valence-corrected chi connectivity index (χ2v) is 9.71. The van der Waals surface area contributed by atoms with Crippen LogP contribution in [0.3, 0.4) is 0 Å². The first-order valence-electron chi connectivity index (χ1n) is 9.84. The fraction of sp³-hybridized carbons (Fsp3) is 0.450. The van der Waals surface area contributed by atoms with E-state index in [1.54, 1.807) is 10.3 Å². The summed E-state index contributed by atoms with van der Waals surface area (Å²) in [6.45, 7) is 4.84. The largest absolute Gasteiger partial charge is 0.486 e. The number of thiophene rings is 1. The zero-order valence-corrected chi connectivity index (χ0v) is 18.3. The molecule has 0 aliphatic carbocycles. The van der Waals surface area contributed by atoms with Crippen LogP contribution in [-0.4, -0.2) is 69.6 Å². The number of hydrogen-bond acceptors (Lipinski definition) is 7. The Labute approximate surface area is 180 Å². The number of amides is 1. The fourth-order valence-corrected chi connectivity index (χ4v) is 6.29. The third kappa shape index (κ3) is 4.04. The normalized spacial score (nSPS) is 17.0. The highest BCUT2D eigenvalue weighted by molar-refractivity contribution is 7.89. The molecule has 3 heterocycles. The molecule has 0 unspecified atom stereocenters. The molecule has 1 saturated heterocycles. The Morgan fingerprint density at radius 2 is 1.90 bits per heavy atom. The van der Waals surface area contributed by atoms with Gasteiger partial charge in [0, 0.05) is 31.7 Å². The molecule has 162 valence electrons. The van der Waals surface area contributed by atoms with E-state index in [0.717, 1.165) is 16.9 Å². The van der Waals surface area contributed by atoms with Crippen LogP contribution in [0.4, 0.5) is 0 Å². The van der Waals surface area contributed by atoms with Crippen LogP contribution >= 0.6 is 11.3 Å². The first kappa shape index (κ1) is 21.1. The van der Waals surface area contributed by atoms with Gasteiger partial charge >= 0.3 is 0 Å². The molecule has 0 radical (unpaired) electrons. The molecule has 0 saturated carbocycles. The summed E-state index contributed by atoms with van der Waals surface area (Å²) < 4.78 is 44.2. The quantitative estimate of drug-likeness (QED) is 0.668. The lowest BCUT2D eigenvalue weighted by atomic mass is 10.1. The lowest BCUT2D eigenvalue weighted by Crippen LogP contribution is -2.41. The average molecular weight is 453 g/mol. The van der Waals surface area contributed by atoms with Crippen LogP contribution in [0.2, 0.25) is 0 Å². The molecule has 2 aliphatic rings. The van der Waals surface area contributed by atoms with E-state index in [0.29, 0.717) is 51.0 Å². The Balaban J connectivity index is 1.59. The fourth-order valence-electron chi connectivity index (χ4n) is 3.52. The van der Waals surface area contributed by atoms with Crippen molar-refractivity contribution in [3.05, 3.63) is 40.1 Å². The number of fused-ring (bicyclic) bond motifs is 1. The minimum atomic E-state index is -3.75. The van der Waals surface area contributed by atoms with Gasteiger partial charge in [0.05, 0.1) is 13.2 Å². The van der Waals surface area contributed by atoms with Gasteiger partial charge in [0.25, 0.3) is 5.91 Å². The van der Waals surface area contributed by atoms with Crippen LogP contribution in [0.1, 0.15) is 22.2 Å². The number of morpholine rings is 1. The maximum Gasteiger partial charge on any atom is 0.265 e. The summed E-state index contributed by atoms with van der Waals surface area (Å²) >= 11 is 1.15. The predicted octanol–water partition coefficient (Wildman–Crippen LogP) is 2.20. The van der Waals surface area contributed by atoms with Gasteiger partial charge in [-0.25, -0.2) is 8.42 Å². The molecule has 8 nitrogen and oxygen atoms in total. The molecule has 1 aromatic carbocycles. The molecular weight excluding hydrogens is 428 g/mol. The molecule has 2 aliphatic heterocycles. The monoisotopic (exact) mass is 452 g/mol.